The summed E-state index contributed by atoms with van der Waals surface area (Å²) >= 11 is 7.40. The highest BCUT2D eigenvalue weighted by Gasteiger charge is 2.25. The second-order valence-electron chi connectivity index (χ2n) is 5.71. The quantitative estimate of drug-likeness (QED) is 0.842. The van der Waals surface area contributed by atoms with E-state index in [4.69, 9.17) is 11.6 Å². The largest absolute Gasteiger partial charge is 0.339 e. The third-order valence-corrected chi connectivity index (χ3v) is 5.08. The van der Waals surface area contributed by atoms with Gasteiger partial charge in [-0.15, -0.1) is 11.3 Å². The number of nitrogens with zero attached hydrogens (tertiary/aromatic N) is 3. The fraction of sp³-hybridized carbons (Fsp3) is 0.353. The van der Waals surface area contributed by atoms with Gasteiger partial charge in [0.1, 0.15) is 0 Å². The number of carbonyl (C=O) groups excluding carboxylic acids is 2. The van der Waals surface area contributed by atoms with Gasteiger partial charge in [0.2, 0.25) is 5.91 Å². The minimum absolute atomic E-state index is 0.0195. The van der Waals surface area contributed by atoms with Gasteiger partial charge in [0, 0.05) is 42.1 Å². The minimum atomic E-state index is -0.0195. The molecule has 1 aromatic heterocycles. The van der Waals surface area contributed by atoms with Crippen molar-refractivity contribution in [3.63, 3.8) is 0 Å². The fourth-order valence-corrected chi connectivity index (χ4v) is 3.43. The van der Waals surface area contributed by atoms with Crippen LogP contribution in [0.3, 0.4) is 0 Å². The normalized spacial score (nSPS) is 14.8. The van der Waals surface area contributed by atoms with Gasteiger partial charge in [0.05, 0.1) is 17.1 Å². The van der Waals surface area contributed by atoms with Crippen LogP contribution < -0.4 is 0 Å². The molecule has 2 heterocycles. The molecule has 24 heavy (non-hydrogen) atoms. The van der Waals surface area contributed by atoms with Crippen LogP contribution in [0.1, 0.15) is 21.1 Å². The van der Waals surface area contributed by atoms with Gasteiger partial charge in [-0.25, -0.2) is 4.98 Å². The lowest BCUT2D eigenvalue weighted by molar-refractivity contribution is -0.132. The summed E-state index contributed by atoms with van der Waals surface area (Å²) in [7, 11) is 0. The SMILES string of the molecule is Cc1nc(CC(=O)N2CCN(C(=O)c3ccc(Cl)cc3)CC2)cs1. The van der Waals surface area contributed by atoms with Gasteiger partial charge in [-0.05, 0) is 31.2 Å². The Kier molecular flexibility index (Phi) is 5.16. The maximum absolute atomic E-state index is 12.5. The van der Waals surface area contributed by atoms with E-state index in [1.165, 1.54) is 0 Å². The molecule has 1 saturated heterocycles. The topological polar surface area (TPSA) is 53.5 Å². The van der Waals surface area contributed by atoms with Gasteiger partial charge in [-0.1, -0.05) is 11.6 Å². The first-order valence-corrected chi connectivity index (χ1v) is 9.02. The Labute approximate surface area is 149 Å². The second kappa shape index (κ2) is 7.32. The van der Waals surface area contributed by atoms with Gasteiger partial charge in [0.25, 0.3) is 5.91 Å². The Morgan fingerprint density at radius 2 is 1.75 bits per heavy atom. The minimum Gasteiger partial charge on any atom is -0.339 e. The molecule has 0 bridgehead atoms. The summed E-state index contributed by atoms with van der Waals surface area (Å²) in [6.07, 6.45) is 0.329. The number of thiazole rings is 1. The first-order valence-electron chi connectivity index (χ1n) is 7.76. The average Bonchev–Trinajstić information content (AvgIpc) is 3.00. The number of benzene rings is 1. The van der Waals surface area contributed by atoms with Crippen LogP contribution in [0.15, 0.2) is 29.6 Å². The van der Waals surface area contributed by atoms with Crippen molar-refractivity contribution >= 4 is 34.8 Å². The number of halogens is 1. The third-order valence-electron chi connectivity index (χ3n) is 4.01. The van der Waals surface area contributed by atoms with E-state index in [2.05, 4.69) is 4.98 Å². The summed E-state index contributed by atoms with van der Waals surface area (Å²) in [5.41, 5.74) is 1.44. The van der Waals surface area contributed by atoms with Crippen molar-refractivity contribution < 1.29 is 9.59 Å². The lowest BCUT2D eigenvalue weighted by Gasteiger charge is -2.34. The van der Waals surface area contributed by atoms with Crippen molar-refractivity contribution in [2.45, 2.75) is 13.3 Å². The van der Waals surface area contributed by atoms with E-state index >= 15 is 0 Å². The monoisotopic (exact) mass is 363 g/mol. The van der Waals surface area contributed by atoms with Crippen LogP contribution in [-0.4, -0.2) is 52.8 Å². The number of aromatic nitrogens is 1. The molecular weight excluding hydrogens is 346 g/mol. The zero-order valence-corrected chi connectivity index (χ0v) is 14.9. The molecule has 1 aromatic carbocycles. The molecule has 7 heteroatoms. The first kappa shape index (κ1) is 16.9. The van der Waals surface area contributed by atoms with Crippen molar-refractivity contribution in [3.05, 3.63) is 50.9 Å². The van der Waals surface area contributed by atoms with Crippen LogP contribution >= 0.6 is 22.9 Å². The molecule has 0 N–H and O–H groups in total. The van der Waals surface area contributed by atoms with Crippen LogP contribution in [0.5, 0.6) is 0 Å². The molecule has 1 aliphatic rings. The number of rotatable bonds is 3. The zero-order chi connectivity index (χ0) is 17.1. The summed E-state index contributed by atoms with van der Waals surface area (Å²) in [6.45, 7) is 4.13. The van der Waals surface area contributed by atoms with Crippen molar-refractivity contribution in [1.82, 2.24) is 14.8 Å². The summed E-state index contributed by atoms with van der Waals surface area (Å²) in [4.78, 5) is 32.7. The van der Waals surface area contributed by atoms with Crippen molar-refractivity contribution in [2.75, 3.05) is 26.2 Å². The predicted molar refractivity (Wildman–Crippen MR) is 94.5 cm³/mol. The highest BCUT2D eigenvalue weighted by Crippen LogP contribution is 2.14. The molecule has 0 radical (unpaired) electrons. The molecule has 1 fully saturated rings. The van der Waals surface area contributed by atoms with E-state index in [1.807, 2.05) is 12.3 Å². The second-order valence-corrected chi connectivity index (χ2v) is 7.21. The smallest absolute Gasteiger partial charge is 0.253 e. The van der Waals surface area contributed by atoms with Crippen LogP contribution in [0.25, 0.3) is 0 Å². The molecule has 1 aliphatic heterocycles. The van der Waals surface area contributed by atoms with Crippen LogP contribution in [0.4, 0.5) is 0 Å². The van der Waals surface area contributed by atoms with Gasteiger partial charge < -0.3 is 9.80 Å². The molecule has 0 aliphatic carbocycles. The van der Waals surface area contributed by atoms with E-state index in [1.54, 1.807) is 45.4 Å². The summed E-state index contributed by atoms with van der Waals surface area (Å²) in [6, 6.07) is 6.88. The number of amides is 2. The molecule has 0 unspecified atom stereocenters. The van der Waals surface area contributed by atoms with Crippen LogP contribution in [0, 0.1) is 6.92 Å². The average molecular weight is 364 g/mol. The Bertz CT molecular complexity index is 737. The molecule has 5 nitrogen and oxygen atoms in total. The molecule has 0 spiro atoms. The highest BCUT2D eigenvalue weighted by atomic mass is 35.5. The fourth-order valence-electron chi connectivity index (χ4n) is 2.69. The van der Waals surface area contributed by atoms with E-state index < -0.39 is 0 Å². The maximum atomic E-state index is 12.5. The van der Waals surface area contributed by atoms with E-state index in [0.717, 1.165) is 10.7 Å². The number of piperazine rings is 1. The van der Waals surface area contributed by atoms with E-state index in [9.17, 15) is 9.59 Å². The molecule has 2 amide bonds. The van der Waals surface area contributed by atoms with Crippen molar-refractivity contribution in [3.8, 4) is 0 Å². The van der Waals surface area contributed by atoms with E-state index in [-0.39, 0.29) is 11.8 Å². The number of aryl methyl sites for hydroxylation is 1. The predicted octanol–water partition coefficient (Wildman–Crippen LogP) is 2.63. The third kappa shape index (κ3) is 3.94. The summed E-state index contributed by atoms with van der Waals surface area (Å²) < 4.78 is 0. The van der Waals surface area contributed by atoms with Gasteiger partial charge in [0.15, 0.2) is 0 Å². The van der Waals surface area contributed by atoms with Gasteiger partial charge >= 0.3 is 0 Å². The Hall–Kier alpha value is -1.92. The first-order chi connectivity index (χ1) is 11.5. The molecule has 0 saturated carbocycles. The van der Waals surface area contributed by atoms with E-state index in [0.29, 0.717) is 43.2 Å². The van der Waals surface area contributed by atoms with Crippen molar-refractivity contribution in [2.24, 2.45) is 0 Å². The molecule has 126 valence electrons. The van der Waals surface area contributed by atoms with Crippen LogP contribution in [-0.2, 0) is 11.2 Å². The maximum Gasteiger partial charge on any atom is 0.253 e. The number of hydrogen-bond donors (Lipinski definition) is 0. The van der Waals surface area contributed by atoms with Gasteiger partial charge in [-0.2, -0.15) is 0 Å². The van der Waals surface area contributed by atoms with Crippen LogP contribution in [0.2, 0.25) is 5.02 Å². The molecule has 0 atom stereocenters. The lowest BCUT2D eigenvalue weighted by atomic mass is 10.1. The van der Waals surface area contributed by atoms with Gasteiger partial charge in [-0.3, -0.25) is 9.59 Å². The number of carbonyl (C=O) groups is 2. The Morgan fingerprint density at radius 1 is 1.12 bits per heavy atom. The lowest BCUT2D eigenvalue weighted by Crippen LogP contribution is -2.51. The Balaban J connectivity index is 1.54. The Morgan fingerprint density at radius 3 is 2.33 bits per heavy atom. The molecule has 2 aromatic rings. The standard InChI is InChI=1S/C17H18ClN3O2S/c1-12-19-15(11-24-12)10-16(22)20-6-8-21(9-7-20)17(23)13-2-4-14(18)5-3-13/h2-5,11H,6-10H2,1H3. The molecular formula is C17H18ClN3O2S. The van der Waals surface area contributed by atoms with Crippen molar-refractivity contribution in [1.29, 1.82) is 0 Å². The molecule has 3 rings (SSSR count). The summed E-state index contributed by atoms with van der Waals surface area (Å²) in [5.74, 6) is 0.0489. The zero-order valence-electron chi connectivity index (χ0n) is 13.4. The number of hydrogen-bond acceptors (Lipinski definition) is 4. The summed E-state index contributed by atoms with van der Waals surface area (Å²) in [5, 5.41) is 3.50. The highest BCUT2D eigenvalue weighted by molar-refractivity contribution is 7.09.